The molecule has 0 aromatic carbocycles. The second-order valence-corrected chi connectivity index (χ2v) is 4.68. The molecule has 14 heavy (non-hydrogen) atoms. The zero-order chi connectivity index (χ0) is 10.1. The predicted molar refractivity (Wildman–Crippen MR) is 48.3 cm³/mol. The standard InChI is InChI=1S/C8H7NO4S/c10-8(9-11)6-3-4-7(13-6)14(12)5-1-2-5/h3-5H,1-2H2. The summed E-state index contributed by atoms with van der Waals surface area (Å²) in [6, 6.07) is 2.77. The van der Waals surface area contributed by atoms with E-state index in [9.17, 15) is 14.3 Å². The van der Waals surface area contributed by atoms with E-state index in [0.29, 0.717) is 0 Å². The minimum absolute atomic E-state index is 0.147. The van der Waals surface area contributed by atoms with E-state index in [1.807, 2.05) is 0 Å². The largest absolute Gasteiger partial charge is 0.609 e. The van der Waals surface area contributed by atoms with E-state index in [2.05, 4.69) is 5.18 Å². The van der Waals surface area contributed by atoms with Crippen LogP contribution in [0.25, 0.3) is 0 Å². The highest BCUT2D eigenvalue weighted by molar-refractivity contribution is 7.92. The molecule has 1 atom stereocenters. The number of nitrogens with zero attached hydrogens (tertiary/aromatic N) is 1. The van der Waals surface area contributed by atoms with E-state index in [1.165, 1.54) is 12.1 Å². The van der Waals surface area contributed by atoms with Crippen LogP contribution in [0.3, 0.4) is 0 Å². The minimum Gasteiger partial charge on any atom is -0.609 e. The van der Waals surface area contributed by atoms with Gasteiger partial charge in [-0.15, -0.1) is 4.91 Å². The van der Waals surface area contributed by atoms with E-state index >= 15 is 0 Å². The maximum Gasteiger partial charge on any atom is 0.351 e. The topological polar surface area (TPSA) is 82.7 Å². The number of furan rings is 1. The van der Waals surface area contributed by atoms with Crippen LogP contribution in [-0.4, -0.2) is 15.7 Å². The second kappa shape index (κ2) is 3.55. The fourth-order valence-corrected chi connectivity index (χ4v) is 2.30. The van der Waals surface area contributed by atoms with Crippen LogP contribution in [0, 0.1) is 4.91 Å². The van der Waals surface area contributed by atoms with Gasteiger partial charge in [0, 0.05) is 35.3 Å². The Morgan fingerprint density at radius 1 is 1.57 bits per heavy atom. The fourth-order valence-electron chi connectivity index (χ4n) is 1.03. The summed E-state index contributed by atoms with van der Waals surface area (Å²) in [6.45, 7) is 0. The summed E-state index contributed by atoms with van der Waals surface area (Å²) in [4.78, 5) is 20.7. The molecule has 0 radical (unpaired) electrons. The molecule has 1 saturated carbocycles. The van der Waals surface area contributed by atoms with Gasteiger partial charge in [0.25, 0.3) is 0 Å². The summed E-state index contributed by atoms with van der Waals surface area (Å²) < 4.78 is 16.5. The Balaban J connectivity index is 2.16. The van der Waals surface area contributed by atoms with Crippen molar-refractivity contribution >= 4 is 17.1 Å². The van der Waals surface area contributed by atoms with Gasteiger partial charge in [0.2, 0.25) is 5.76 Å². The van der Waals surface area contributed by atoms with E-state index in [-0.39, 0.29) is 16.1 Å². The first-order valence-electron chi connectivity index (χ1n) is 4.10. The zero-order valence-electron chi connectivity index (χ0n) is 7.13. The molecular formula is C8H7NO4S. The van der Waals surface area contributed by atoms with E-state index in [1.54, 1.807) is 0 Å². The van der Waals surface area contributed by atoms with Gasteiger partial charge in [-0.3, -0.25) is 4.79 Å². The third-order valence-corrected chi connectivity index (χ3v) is 3.59. The highest BCUT2D eigenvalue weighted by Gasteiger charge is 2.38. The minimum atomic E-state index is -1.18. The van der Waals surface area contributed by atoms with Crippen molar-refractivity contribution in [3.05, 3.63) is 22.8 Å². The molecule has 5 nitrogen and oxygen atoms in total. The molecular weight excluding hydrogens is 206 g/mol. The third kappa shape index (κ3) is 1.71. The predicted octanol–water partition coefficient (Wildman–Crippen LogP) is 1.46. The third-order valence-electron chi connectivity index (χ3n) is 1.90. The number of carbonyl (C=O) groups excluding carboxylic acids is 1. The molecule has 74 valence electrons. The van der Waals surface area contributed by atoms with Crippen LogP contribution in [0.5, 0.6) is 0 Å². The van der Waals surface area contributed by atoms with Gasteiger partial charge in [0.15, 0.2) is 0 Å². The summed E-state index contributed by atoms with van der Waals surface area (Å²) in [5.74, 6) is -1.12. The summed E-state index contributed by atoms with van der Waals surface area (Å²) in [6.07, 6.45) is 1.84. The average Bonchev–Trinajstić information content (AvgIpc) is 2.93. The van der Waals surface area contributed by atoms with Crippen molar-refractivity contribution in [3.63, 3.8) is 0 Å². The number of hydrogen-bond donors (Lipinski definition) is 0. The molecule has 1 aliphatic carbocycles. The first-order valence-corrected chi connectivity index (χ1v) is 5.32. The molecule has 1 aromatic heterocycles. The van der Waals surface area contributed by atoms with Crippen LogP contribution >= 0.6 is 0 Å². The molecule has 0 saturated heterocycles. The number of nitroso groups, excluding NO2 is 1. The molecule has 0 spiro atoms. The zero-order valence-corrected chi connectivity index (χ0v) is 7.95. The number of amides is 1. The van der Waals surface area contributed by atoms with Gasteiger partial charge in [0.05, 0.1) is 0 Å². The Morgan fingerprint density at radius 3 is 2.86 bits per heavy atom. The van der Waals surface area contributed by atoms with Crippen LogP contribution in [-0.2, 0) is 11.2 Å². The second-order valence-electron chi connectivity index (χ2n) is 3.01. The smallest absolute Gasteiger partial charge is 0.351 e. The number of rotatable bonds is 3. The Morgan fingerprint density at radius 2 is 2.29 bits per heavy atom. The molecule has 1 heterocycles. The van der Waals surface area contributed by atoms with Gasteiger partial charge >= 0.3 is 11.0 Å². The lowest BCUT2D eigenvalue weighted by molar-refractivity contribution is 0.0969. The summed E-state index contributed by atoms with van der Waals surface area (Å²) in [7, 11) is 0. The normalized spacial score (nSPS) is 17.8. The summed E-state index contributed by atoms with van der Waals surface area (Å²) in [5.41, 5.74) is 0. The van der Waals surface area contributed by atoms with Gasteiger partial charge in [-0.25, -0.2) is 0 Å². The Kier molecular flexibility index (Phi) is 2.39. The van der Waals surface area contributed by atoms with Crippen molar-refractivity contribution in [2.24, 2.45) is 5.18 Å². The van der Waals surface area contributed by atoms with Crippen molar-refractivity contribution in [3.8, 4) is 0 Å². The van der Waals surface area contributed by atoms with Crippen molar-refractivity contribution in [1.82, 2.24) is 0 Å². The van der Waals surface area contributed by atoms with Gasteiger partial charge in [0.1, 0.15) is 5.25 Å². The Bertz CT molecular complexity index is 371. The van der Waals surface area contributed by atoms with Gasteiger partial charge in [-0.05, 0) is 6.07 Å². The molecule has 0 N–H and O–H groups in total. The maximum atomic E-state index is 11.5. The Hall–Kier alpha value is -1.14. The van der Waals surface area contributed by atoms with Gasteiger partial charge in [-0.1, -0.05) is 0 Å². The SMILES string of the molecule is O=NC(=O)c1ccc([S+]([O-])C2CC2)o1. The molecule has 0 aliphatic heterocycles. The molecule has 1 unspecified atom stereocenters. The lowest BCUT2D eigenvalue weighted by Crippen LogP contribution is -2.05. The molecule has 1 fully saturated rings. The van der Waals surface area contributed by atoms with Crippen LogP contribution in [0.4, 0.5) is 0 Å². The van der Waals surface area contributed by atoms with E-state index in [0.717, 1.165) is 12.8 Å². The lowest BCUT2D eigenvalue weighted by Gasteiger charge is -2.03. The molecule has 6 heteroatoms. The van der Waals surface area contributed by atoms with Crippen LogP contribution in [0.2, 0.25) is 0 Å². The molecule has 1 amide bonds. The molecule has 1 aromatic rings. The van der Waals surface area contributed by atoms with Crippen LogP contribution in [0.15, 0.2) is 26.8 Å². The van der Waals surface area contributed by atoms with Crippen molar-refractivity contribution in [2.45, 2.75) is 23.2 Å². The quantitative estimate of drug-likeness (QED) is 0.562. The van der Waals surface area contributed by atoms with E-state index in [4.69, 9.17) is 4.42 Å². The first-order chi connectivity index (χ1) is 6.72. The van der Waals surface area contributed by atoms with Crippen molar-refractivity contribution in [1.29, 1.82) is 0 Å². The van der Waals surface area contributed by atoms with Gasteiger partial charge < -0.3 is 8.97 Å². The molecule has 1 aliphatic rings. The van der Waals surface area contributed by atoms with Crippen molar-refractivity contribution < 1.29 is 13.8 Å². The lowest BCUT2D eigenvalue weighted by atomic mass is 10.4. The maximum absolute atomic E-state index is 11.5. The monoisotopic (exact) mass is 213 g/mol. The molecule has 2 rings (SSSR count). The first kappa shape index (κ1) is 9.42. The highest BCUT2D eigenvalue weighted by atomic mass is 32.2. The van der Waals surface area contributed by atoms with Crippen LogP contribution in [0.1, 0.15) is 23.4 Å². The highest BCUT2D eigenvalue weighted by Crippen LogP contribution is 2.34. The molecule has 0 bridgehead atoms. The fraction of sp³-hybridized carbons (Fsp3) is 0.375. The number of hydrogen-bond acceptors (Lipinski definition) is 4. The van der Waals surface area contributed by atoms with Crippen molar-refractivity contribution in [2.75, 3.05) is 0 Å². The average molecular weight is 213 g/mol. The number of carbonyl (C=O) groups is 1. The summed E-state index contributed by atoms with van der Waals surface area (Å²) >= 11 is -1.18. The Labute approximate surface area is 82.6 Å². The van der Waals surface area contributed by atoms with Gasteiger partial charge in [-0.2, -0.15) is 0 Å². The van der Waals surface area contributed by atoms with Crippen LogP contribution < -0.4 is 0 Å². The summed E-state index contributed by atoms with van der Waals surface area (Å²) in [5, 5.41) is 2.61. The van der Waals surface area contributed by atoms with E-state index < -0.39 is 17.1 Å².